The Hall–Kier alpha value is -2.05. The van der Waals surface area contributed by atoms with Gasteiger partial charge in [-0.05, 0) is 44.0 Å². The van der Waals surface area contributed by atoms with Gasteiger partial charge in [0.25, 0.3) is 0 Å². The number of benzene rings is 1. The van der Waals surface area contributed by atoms with Crippen LogP contribution in [0.15, 0.2) is 29.2 Å². The largest absolute Gasteiger partial charge is 0.416 e. The van der Waals surface area contributed by atoms with Crippen molar-refractivity contribution >= 4 is 32.4 Å². The first-order chi connectivity index (χ1) is 12.6. The third kappa shape index (κ3) is 4.12. The predicted octanol–water partition coefficient (Wildman–Crippen LogP) is 2.66. The topological polar surface area (TPSA) is 92.3 Å². The van der Waals surface area contributed by atoms with E-state index in [4.69, 9.17) is 0 Å². The van der Waals surface area contributed by atoms with Gasteiger partial charge >= 0.3 is 6.18 Å². The molecule has 1 amide bonds. The Balaban J connectivity index is 1.81. The minimum Gasteiger partial charge on any atom is -0.299 e. The van der Waals surface area contributed by atoms with Crippen molar-refractivity contribution in [2.24, 2.45) is 0 Å². The number of hydrogen-bond donors (Lipinski definition) is 1. The van der Waals surface area contributed by atoms with E-state index < -0.39 is 33.7 Å². The molecule has 0 bridgehead atoms. The van der Waals surface area contributed by atoms with Crippen LogP contribution in [0, 0.1) is 6.92 Å². The zero-order valence-electron chi connectivity index (χ0n) is 14.0. The number of nitrogens with one attached hydrogen (secondary N) is 1. The molecule has 1 aromatic carbocycles. The first-order valence-corrected chi connectivity index (χ1v) is 10.1. The second-order valence-corrected chi connectivity index (χ2v) is 8.98. The summed E-state index contributed by atoms with van der Waals surface area (Å²) in [5.74, 6) is -0.542. The van der Waals surface area contributed by atoms with E-state index >= 15 is 0 Å². The van der Waals surface area contributed by atoms with Crippen LogP contribution in [-0.2, 0) is 21.0 Å². The smallest absolute Gasteiger partial charge is 0.299 e. The SMILES string of the molecule is Cc1nnc(NC(=O)[C@@H]2CCCN2S(=O)(=O)c2ccc(C(F)(F)F)cc2)s1. The monoisotopic (exact) mass is 420 g/mol. The summed E-state index contributed by atoms with van der Waals surface area (Å²) in [6.07, 6.45) is -3.78. The molecule has 0 aliphatic carbocycles. The second-order valence-electron chi connectivity index (χ2n) is 5.91. The first kappa shape index (κ1) is 19.7. The number of sulfonamides is 1. The Morgan fingerprint density at radius 1 is 1.26 bits per heavy atom. The third-order valence-electron chi connectivity index (χ3n) is 4.05. The van der Waals surface area contributed by atoms with E-state index in [0.717, 1.165) is 27.8 Å². The summed E-state index contributed by atoms with van der Waals surface area (Å²) in [6.45, 7) is 1.82. The van der Waals surface area contributed by atoms with E-state index in [2.05, 4.69) is 15.5 Å². The van der Waals surface area contributed by atoms with Gasteiger partial charge in [0.05, 0.1) is 10.5 Å². The fraction of sp³-hybridized carbons (Fsp3) is 0.400. The summed E-state index contributed by atoms with van der Waals surface area (Å²) in [7, 11) is -4.11. The standard InChI is InChI=1S/C15H15F3N4O3S2/c1-9-20-21-14(26-9)19-13(23)12-3-2-8-22(12)27(24,25)11-6-4-10(5-7-11)15(16,17)18/h4-7,12H,2-3,8H2,1H3,(H,19,21,23)/t12-/m0/s1. The highest BCUT2D eigenvalue weighted by Crippen LogP contribution is 2.32. The van der Waals surface area contributed by atoms with E-state index in [9.17, 15) is 26.4 Å². The molecule has 0 saturated carbocycles. The van der Waals surface area contributed by atoms with Gasteiger partial charge in [0, 0.05) is 6.54 Å². The van der Waals surface area contributed by atoms with Crippen molar-refractivity contribution in [3.8, 4) is 0 Å². The van der Waals surface area contributed by atoms with Gasteiger partial charge in [0.1, 0.15) is 11.0 Å². The number of nitrogens with zero attached hydrogens (tertiary/aromatic N) is 3. The van der Waals surface area contributed by atoms with E-state index in [0.29, 0.717) is 30.0 Å². The van der Waals surface area contributed by atoms with Gasteiger partial charge in [-0.2, -0.15) is 17.5 Å². The van der Waals surface area contributed by atoms with Gasteiger partial charge < -0.3 is 0 Å². The minimum atomic E-state index is -4.56. The number of alkyl halides is 3. The molecular formula is C15H15F3N4O3S2. The number of aromatic nitrogens is 2. The number of hydrogen-bond acceptors (Lipinski definition) is 6. The fourth-order valence-corrected chi connectivity index (χ4v) is 5.03. The van der Waals surface area contributed by atoms with Crippen molar-refractivity contribution in [1.29, 1.82) is 0 Å². The maximum absolute atomic E-state index is 12.8. The summed E-state index contributed by atoms with van der Waals surface area (Å²) in [5.41, 5.74) is -0.941. The summed E-state index contributed by atoms with van der Waals surface area (Å²) in [4.78, 5) is 12.2. The fourth-order valence-electron chi connectivity index (χ4n) is 2.78. The Labute approximate surface area is 157 Å². The molecule has 0 spiro atoms. The summed E-state index contributed by atoms with van der Waals surface area (Å²) in [5, 5.41) is 11.0. The molecule has 27 heavy (non-hydrogen) atoms. The van der Waals surface area contributed by atoms with Crippen LogP contribution in [0.3, 0.4) is 0 Å². The van der Waals surface area contributed by atoms with Crippen LogP contribution in [0.4, 0.5) is 18.3 Å². The number of carbonyl (C=O) groups excluding carboxylic acids is 1. The van der Waals surface area contributed by atoms with Gasteiger partial charge in [-0.15, -0.1) is 10.2 Å². The Kier molecular flexibility index (Phi) is 5.23. The van der Waals surface area contributed by atoms with Crippen molar-refractivity contribution < 1.29 is 26.4 Å². The van der Waals surface area contributed by atoms with Gasteiger partial charge in [-0.3, -0.25) is 10.1 Å². The van der Waals surface area contributed by atoms with Crippen LogP contribution < -0.4 is 5.32 Å². The van der Waals surface area contributed by atoms with Crippen LogP contribution >= 0.6 is 11.3 Å². The van der Waals surface area contributed by atoms with Crippen molar-refractivity contribution in [2.75, 3.05) is 11.9 Å². The van der Waals surface area contributed by atoms with Crippen LogP contribution in [0.1, 0.15) is 23.4 Å². The zero-order chi connectivity index (χ0) is 19.8. The Morgan fingerprint density at radius 3 is 2.48 bits per heavy atom. The summed E-state index contributed by atoms with van der Waals surface area (Å²) in [6, 6.07) is 2.27. The minimum absolute atomic E-state index is 0.108. The number of halogens is 3. The van der Waals surface area contributed by atoms with Gasteiger partial charge in [0.15, 0.2) is 0 Å². The van der Waals surface area contributed by atoms with Crippen molar-refractivity contribution in [1.82, 2.24) is 14.5 Å². The highest BCUT2D eigenvalue weighted by molar-refractivity contribution is 7.89. The molecular weight excluding hydrogens is 405 g/mol. The molecule has 1 N–H and O–H groups in total. The normalized spacial score (nSPS) is 18.6. The van der Waals surface area contributed by atoms with Crippen LogP contribution in [0.25, 0.3) is 0 Å². The molecule has 1 saturated heterocycles. The Bertz CT molecular complexity index is 942. The van der Waals surface area contributed by atoms with E-state index in [-0.39, 0.29) is 16.6 Å². The van der Waals surface area contributed by atoms with Crippen LogP contribution in [0.2, 0.25) is 0 Å². The Morgan fingerprint density at radius 2 is 1.93 bits per heavy atom. The highest BCUT2D eigenvalue weighted by atomic mass is 32.2. The molecule has 3 rings (SSSR count). The molecule has 146 valence electrons. The van der Waals surface area contributed by atoms with Gasteiger partial charge in [-0.25, -0.2) is 8.42 Å². The molecule has 1 fully saturated rings. The lowest BCUT2D eigenvalue weighted by molar-refractivity contribution is -0.137. The maximum Gasteiger partial charge on any atom is 0.416 e. The second kappa shape index (κ2) is 7.17. The number of amides is 1. The molecule has 1 aromatic heterocycles. The average molecular weight is 420 g/mol. The molecule has 1 atom stereocenters. The molecule has 7 nitrogen and oxygen atoms in total. The average Bonchev–Trinajstić information content (AvgIpc) is 3.23. The van der Waals surface area contributed by atoms with Crippen molar-refractivity contribution in [3.05, 3.63) is 34.8 Å². The molecule has 1 aliphatic rings. The molecule has 0 radical (unpaired) electrons. The highest BCUT2D eigenvalue weighted by Gasteiger charge is 2.40. The number of anilines is 1. The van der Waals surface area contributed by atoms with E-state index in [1.165, 1.54) is 0 Å². The zero-order valence-corrected chi connectivity index (χ0v) is 15.7. The molecule has 1 aliphatic heterocycles. The number of rotatable bonds is 4. The lowest BCUT2D eigenvalue weighted by Gasteiger charge is -2.23. The van der Waals surface area contributed by atoms with Crippen molar-refractivity contribution in [3.63, 3.8) is 0 Å². The lowest BCUT2D eigenvalue weighted by Crippen LogP contribution is -2.43. The first-order valence-electron chi connectivity index (χ1n) is 7.89. The van der Waals surface area contributed by atoms with Crippen LogP contribution in [-0.4, -0.2) is 41.4 Å². The van der Waals surface area contributed by atoms with E-state index in [1.54, 1.807) is 6.92 Å². The lowest BCUT2D eigenvalue weighted by atomic mass is 10.2. The molecule has 12 heteroatoms. The molecule has 2 aromatic rings. The van der Waals surface area contributed by atoms with Gasteiger partial charge in [0.2, 0.25) is 21.1 Å². The van der Waals surface area contributed by atoms with E-state index in [1.807, 2.05) is 0 Å². The summed E-state index contributed by atoms with van der Waals surface area (Å²) >= 11 is 1.16. The molecule has 2 heterocycles. The number of aryl methyl sites for hydroxylation is 1. The quantitative estimate of drug-likeness (QED) is 0.821. The maximum atomic E-state index is 12.8. The van der Waals surface area contributed by atoms with Gasteiger partial charge in [-0.1, -0.05) is 11.3 Å². The molecule has 0 unspecified atom stereocenters. The summed E-state index contributed by atoms with van der Waals surface area (Å²) < 4.78 is 64.6. The predicted molar refractivity (Wildman–Crippen MR) is 91.6 cm³/mol. The third-order valence-corrected chi connectivity index (χ3v) is 6.73. The van der Waals surface area contributed by atoms with Crippen molar-refractivity contribution in [2.45, 2.75) is 36.9 Å². The van der Waals surface area contributed by atoms with Crippen LogP contribution in [0.5, 0.6) is 0 Å². The number of carbonyl (C=O) groups is 1.